The van der Waals surface area contributed by atoms with Crippen LogP contribution in [0.25, 0.3) is 11.3 Å². The van der Waals surface area contributed by atoms with Crippen molar-refractivity contribution >= 4 is 5.91 Å². The van der Waals surface area contributed by atoms with Gasteiger partial charge in [-0.2, -0.15) is 15.4 Å². The molecule has 0 fully saturated rings. The molecule has 0 aliphatic carbocycles. The molecule has 0 saturated carbocycles. The van der Waals surface area contributed by atoms with Gasteiger partial charge in [-0.3, -0.25) is 4.79 Å². The highest BCUT2D eigenvalue weighted by Gasteiger charge is 2.18. The zero-order valence-corrected chi connectivity index (χ0v) is 13.2. The molecular weight excluding hydrogens is 307 g/mol. The van der Waals surface area contributed by atoms with Crippen molar-refractivity contribution in [3.05, 3.63) is 71.7 Å². The highest BCUT2D eigenvalue weighted by atomic mass is 19.1. The molecule has 122 valence electrons. The average Bonchev–Trinajstić information content (AvgIpc) is 3.10. The average molecular weight is 324 g/mol. The molecule has 0 saturated heterocycles. The van der Waals surface area contributed by atoms with Gasteiger partial charge in [0.1, 0.15) is 11.5 Å². The van der Waals surface area contributed by atoms with E-state index in [4.69, 9.17) is 0 Å². The number of H-pyrrole nitrogens is 1. The first-order valence-corrected chi connectivity index (χ1v) is 7.65. The summed E-state index contributed by atoms with van der Waals surface area (Å²) in [5.74, 6) is -0.480. The zero-order chi connectivity index (χ0) is 16.9. The summed E-state index contributed by atoms with van der Waals surface area (Å²) in [6.07, 6.45) is 0. The van der Waals surface area contributed by atoms with Crippen LogP contribution in [0.5, 0.6) is 0 Å². The molecule has 24 heavy (non-hydrogen) atoms. The maximum absolute atomic E-state index is 13.0. The molecule has 6 heteroatoms. The van der Waals surface area contributed by atoms with Crippen LogP contribution >= 0.6 is 0 Å². The van der Waals surface area contributed by atoms with Gasteiger partial charge in [-0.1, -0.05) is 37.3 Å². The van der Waals surface area contributed by atoms with Crippen LogP contribution in [-0.2, 0) is 0 Å². The number of halogens is 1. The minimum atomic E-state index is -0.343. The molecule has 1 aromatic heterocycles. The Balaban J connectivity index is 1.70. The lowest BCUT2D eigenvalue weighted by atomic mass is 10.0. The van der Waals surface area contributed by atoms with Crippen LogP contribution in [0.1, 0.15) is 28.9 Å². The van der Waals surface area contributed by atoms with Gasteiger partial charge in [-0.25, -0.2) is 4.39 Å². The predicted molar refractivity (Wildman–Crippen MR) is 89.0 cm³/mol. The highest BCUT2D eigenvalue weighted by Crippen LogP contribution is 2.20. The van der Waals surface area contributed by atoms with Crippen LogP contribution in [0.4, 0.5) is 4.39 Å². The minimum absolute atomic E-state index is 0.177. The number of benzene rings is 2. The fraction of sp³-hybridized carbons (Fsp3) is 0.167. The smallest absolute Gasteiger partial charge is 0.274 e. The van der Waals surface area contributed by atoms with E-state index in [1.165, 1.54) is 12.1 Å². The Morgan fingerprint density at radius 1 is 1.12 bits per heavy atom. The van der Waals surface area contributed by atoms with E-state index in [2.05, 4.69) is 20.7 Å². The molecule has 5 nitrogen and oxygen atoms in total. The zero-order valence-electron chi connectivity index (χ0n) is 13.2. The summed E-state index contributed by atoms with van der Waals surface area (Å²) in [5, 5.41) is 13.3. The lowest BCUT2D eigenvalue weighted by Gasteiger charge is -2.12. The molecule has 0 radical (unpaired) electrons. The fourth-order valence-electron chi connectivity index (χ4n) is 2.43. The molecule has 0 spiro atoms. The van der Waals surface area contributed by atoms with Gasteiger partial charge in [0, 0.05) is 12.1 Å². The maximum atomic E-state index is 13.0. The number of rotatable bonds is 5. The van der Waals surface area contributed by atoms with Crippen molar-refractivity contribution in [1.82, 2.24) is 20.7 Å². The molecule has 0 unspecified atom stereocenters. The number of carbonyl (C=O) groups excluding carboxylic acids is 1. The van der Waals surface area contributed by atoms with Crippen molar-refractivity contribution in [3.8, 4) is 11.3 Å². The number of carbonyl (C=O) groups is 1. The van der Waals surface area contributed by atoms with Crippen molar-refractivity contribution in [2.45, 2.75) is 12.8 Å². The van der Waals surface area contributed by atoms with Crippen LogP contribution in [0.15, 0.2) is 54.6 Å². The molecule has 1 atom stereocenters. The molecule has 1 amide bonds. The number of nitrogens with zero attached hydrogens (tertiary/aromatic N) is 2. The summed E-state index contributed by atoms with van der Waals surface area (Å²) in [6.45, 7) is 2.53. The summed E-state index contributed by atoms with van der Waals surface area (Å²) < 4.78 is 13.0. The quantitative estimate of drug-likeness (QED) is 0.757. The third kappa shape index (κ3) is 3.48. The van der Waals surface area contributed by atoms with Crippen LogP contribution in [0.2, 0.25) is 0 Å². The van der Waals surface area contributed by atoms with E-state index < -0.39 is 0 Å². The Morgan fingerprint density at radius 3 is 2.54 bits per heavy atom. The first-order valence-electron chi connectivity index (χ1n) is 7.65. The van der Waals surface area contributed by atoms with Crippen LogP contribution in [0, 0.1) is 5.82 Å². The lowest BCUT2D eigenvalue weighted by molar-refractivity contribution is 0.0947. The topological polar surface area (TPSA) is 70.7 Å². The monoisotopic (exact) mass is 324 g/mol. The van der Waals surface area contributed by atoms with Gasteiger partial charge in [0.25, 0.3) is 5.91 Å². The Hall–Kier alpha value is -3.02. The Bertz CT molecular complexity index is 815. The minimum Gasteiger partial charge on any atom is -0.350 e. The summed E-state index contributed by atoms with van der Waals surface area (Å²) in [7, 11) is 0. The second-order valence-electron chi connectivity index (χ2n) is 5.55. The van der Waals surface area contributed by atoms with Gasteiger partial charge < -0.3 is 5.32 Å². The van der Waals surface area contributed by atoms with Crippen molar-refractivity contribution in [1.29, 1.82) is 0 Å². The van der Waals surface area contributed by atoms with E-state index in [1.807, 2.05) is 37.3 Å². The molecule has 0 aliphatic rings. The van der Waals surface area contributed by atoms with Gasteiger partial charge in [-0.05, 0) is 35.7 Å². The van der Waals surface area contributed by atoms with E-state index in [0.717, 1.165) is 5.56 Å². The third-order valence-electron chi connectivity index (χ3n) is 3.82. The van der Waals surface area contributed by atoms with Crippen molar-refractivity contribution in [2.24, 2.45) is 0 Å². The van der Waals surface area contributed by atoms with Gasteiger partial charge >= 0.3 is 0 Å². The van der Waals surface area contributed by atoms with Gasteiger partial charge in [0.2, 0.25) is 0 Å². The third-order valence-corrected chi connectivity index (χ3v) is 3.82. The van der Waals surface area contributed by atoms with Gasteiger partial charge in [0.05, 0.1) is 0 Å². The summed E-state index contributed by atoms with van der Waals surface area (Å²) >= 11 is 0. The number of aromatic amines is 1. The molecule has 2 N–H and O–H groups in total. The van der Waals surface area contributed by atoms with E-state index in [1.54, 1.807) is 12.1 Å². The molecule has 3 aromatic rings. The lowest BCUT2D eigenvalue weighted by Crippen LogP contribution is -2.28. The normalized spacial score (nSPS) is 11.9. The van der Waals surface area contributed by atoms with E-state index in [-0.39, 0.29) is 23.3 Å². The largest absolute Gasteiger partial charge is 0.350 e. The Morgan fingerprint density at radius 2 is 1.83 bits per heavy atom. The van der Waals surface area contributed by atoms with Crippen LogP contribution < -0.4 is 5.32 Å². The Kier molecular flexibility index (Phi) is 4.65. The van der Waals surface area contributed by atoms with Gasteiger partial charge in [-0.15, -0.1) is 0 Å². The summed E-state index contributed by atoms with van der Waals surface area (Å²) in [4.78, 5) is 12.4. The van der Waals surface area contributed by atoms with E-state index in [9.17, 15) is 9.18 Å². The second kappa shape index (κ2) is 7.04. The highest BCUT2D eigenvalue weighted by molar-refractivity contribution is 5.97. The fourth-order valence-corrected chi connectivity index (χ4v) is 2.43. The predicted octanol–water partition coefficient (Wildman–Crippen LogP) is 3.14. The SMILES string of the molecule is C[C@@H](CNC(=O)c1n[nH]nc1-c1ccc(F)cc1)c1ccccc1. The summed E-state index contributed by atoms with van der Waals surface area (Å²) in [5.41, 5.74) is 2.38. The molecule has 0 aliphatic heterocycles. The molecular formula is C18H17FN4O. The molecule has 0 bridgehead atoms. The first-order chi connectivity index (χ1) is 11.6. The van der Waals surface area contributed by atoms with Crippen molar-refractivity contribution < 1.29 is 9.18 Å². The number of amides is 1. The number of hydrogen-bond donors (Lipinski definition) is 2. The van der Waals surface area contributed by atoms with Gasteiger partial charge in [0.15, 0.2) is 5.69 Å². The molecule has 2 aromatic carbocycles. The number of aromatic nitrogens is 3. The maximum Gasteiger partial charge on any atom is 0.274 e. The number of nitrogens with one attached hydrogen (secondary N) is 2. The first kappa shape index (κ1) is 15.9. The molecule has 3 rings (SSSR count). The number of hydrogen-bond acceptors (Lipinski definition) is 3. The van der Waals surface area contributed by atoms with Crippen LogP contribution in [0.3, 0.4) is 0 Å². The van der Waals surface area contributed by atoms with E-state index in [0.29, 0.717) is 17.8 Å². The second-order valence-corrected chi connectivity index (χ2v) is 5.55. The standard InChI is InChI=1S/C18H17FN4O/c1-12(13-5-3-2-4-6-13)11-20-18(24)17-16(21-23-22-17)14-7-9-15(19)10-8-14/h2-10,12H,11H2,1H3,(H,20,24)(H,21,22,23)/t12-/m0/s1. The van der Waals surface area contributed by atoms with E-state index >= 15 is 0 Å². The Labute approximate surface area is 138 Å². The molecule has 1 heterocycles. The van der Waals surface area contributed by atoms with Crippen LogP contribution in [-0.4, -0.2) is 27.9 Å². The van der Waals surface area contributed by atoms with Crippen molar-refractivity contribution in [2.75, 3.05) is 6.54 Å². The summed E-state index contributed by atoms with van der Waals surface area (Å²) in [6, 6.07) is 15.7. The van der Waals surface area contributed by atoms with Crippen molar-refractivity contribution in [3.63, 3.8) is 0 Å².